The van der Waals surface area contributed by atoms with E-state index in [0.717, 1.165) is 11.1 Å². The first-order valence-corrected chi connectivity index (χ1v) is 8.04. The summed E-state index contributed by atoms with van der Waals surface area (Å²) in [6, 6.07) is 7.06. The predicted molar refractivity (Wildman–Crippen MR) is 85.7 cm³/mol. The minimum atomic E-state index is -0.697. The molecule has 4 rings (SSSR count). The Morgan fingerprint density at radius 3 is 3.09 bits per heavy atom. The lowest BCUT2D eigenvalue weighted by Crippen LogP contribution is -2.37. The lowest BCUT2D eigenvalue weighted by Gasteiger charge is -2.17. The van der Waals surface area contributed by atoms with Crippen LogP contribution in [0.5, 0.6) is 0 Å². The summed E-state index contributed by atoms with van der Waals surface area (Å²) in [5.41, 5.74) is 1.46. The van der Waals surface area contributed by atoms with Crippen molar-refractivity contribution >= 4 is 22.2 Å². The summed E-state index contributed by atoms with van der Waals surface area (Å²) in [5.74, 6) is -0.524. The monoisotopic (exact) mass is 327 g/mol. The Kier molecular flexibility index (Phi) is 3.24. The van der Waals surface area contributed by atoms with Crippen LogP contribution < -0.4 is 10.9 Å². The second-order valence-corrected chi connectivity index (χ2v) is 6.33. The summed E-state index contributed by atoms with van der Waals surface area (Å²) in [6.07, 6.45) is 2.67. The molecule has 1 aromatic carbocycles. The van der Waals surface area contributed by atoms with Crippen molar-refractivity contribution in [2.75, 3.05) is 0 Å². The first-order valence-electron chi connectivity index (χ1n) is 7.17. The van der Waals surface area contributed by atoms with Crippen molar-refractivity contribution in [2.24, 2.45) is 0 Å². The Hall–Kier alpha value is -2.51. The van der Waals surface area contributed by atoms with Gasteiger partial charge in [-0.2, -0.15) is 0 Å². The number of thiazole rings is 1. The van der Waals surface area contributed by atoms with Gasteiger partial charge >= 0.3 is 0 Å². The van der Waals surface area contributed by atoms with Gasteiger partial charge in [0.1, 0.15) is 5.56 Å². The second kappa shape index (κ2) is 5.29. The van der Waals surface area contributed by atoms with E-state index in [-0.39, 0.29) is 5.56 Å². The number of amides is 1. The highest BCUT2D eigenvalue weighted by atomic mass is 32.1. The van der Waals surface area contributed by atoms with Crippen LogP contribution in [-0.2, 0) is 6.42 Å². The number of rotatable bonds is 2. The largest absolute Gasteiger partial charge is 0.390 e. The lowest BCUT2D eigenvalue weighted by atomic mass is 10.1. The van der Waals surface area contributed by atoms with Crippen molar-refractivity contribution < 1.29 is 9.90 Å². The molecule has 2 heterocycles. The molecule has 116 valence electrons. The quantitative estimate of drug-likeness (QED) is 0.739. The van der Waals surface area contributed by atoms with E-state index in [1.165, 1.54) is 21.9 Å². The average Bonchev–Trinajstić information content (AvgIpc) is 3.13. The van der Waals surface area contributed by atoms with Gasteiger partial charge in [-0.25, -0.2) is 4.98 Å². The molecular formula is C16H13N3O3S. The predicted octanol–water partition coefficient (Wildman–Crippen LogP) is 1.14. The van der Waals surface area contributed by atoms with Crippen LogP contribution in [0.2, 0.25) is 0 Å². The number of hydrogen-bond donors (Lipinski definition) is 2. The molecule has 2 unspecified atom stereocenters. The zero-order chi connectivity index (χ0) is 16.0. The Morgan fingerprint density at radius 1 is 1.39 bits per heavy atom. The van der Waals surface area contributed by atoms with E-state index < -0.39 is 23.6 Å². The van der Waals surface area contributed by atoms with Gasteiger partial charge in [0.15, 0.2) is 4.96 Å². The molecule has 3 aromatic rings. The van der Waals surface area contributed by atoms with E-state index in [4.69, 9.17) is 0 Å². The van der Waals surface area contributed by atoms with Crippen LogP contribution in [0.4, 0.5) is 0 Å². The number of fused-ring (bicyclic) bond motifs is 2. The van der Waals surface area contributed by atoms with Gasteiger partial charge in [-0.05, 0) is 11.1 Å². The van der Waals surface area contributed by atoms with Crippen molar-refractivity contribution in [3.05, 3.63) is 69.1 Å². The van der Waals surface area contributed by atoms with Crippen LogP contribution in [0.3, 0.4) is 0 Å². The Balaban J connectivity index is 1.67. The van der Waals surface area contributed by atoms with Crippen LogP contribution in [-0.4, -0.2) is 26.5 Å². The van der Waals surface area contributed by atoms with Gasteiger partial charge in [0, 0.05) is 24.2 Å². The highest BCUT2D eigenvalue weighted by molar-refractivity contribution is 7.15. The van der Waals surface area contributed by atoms with Gasteiger partial charge in [-0.1, -0.05) is 24.3 Å². The number of nitrogens with one attached hydrogen (secondary N) is 1. The number of aliphatic hydroxyl groups excluding tert-OH is 1. The third-order valence-corrected chi connectivity index (χ3v) is 4.85. The van der Waals surface area contributed by atoms with Crippen molar-refractivity contribution in [2.45, 2.75) is 18.6 Å². The molecule has 0 aliphatic heterocycles. The molecule has 0 saturated heterocycles. The highest BCUT2D eigenvalue weighted by Crippen LogP contribution is 2.31. The standard InChI is InChI=1S/C16H13N3O3S/c20-12-7-9-3-1-2-4-10(9)13(12)18-14(21)11-8-17-16-19(15(11)22)5-6-23-16/h1-6,8,12-13,20H,7H2,(H,18,21). The molecule has 0 fully saturated rings. The summed E-state index contributed by atoms with van der Waals surface area (Å²) in [6.45, 7) is 0. The zero-order valence-corrected chi connectivity index (χ0v) is 12.8. The number of aliphatic hydroxyl groups is 1. The van der Waals surface area contributed by atoms with Gasteiger partial charge in [0.25, 0.3) is 11.5 Å². The van der Waals surface area contributed by atoms with Crippen molar-refractivity contribution in [1.29, 1.82) is 0 Å². The number of benzene rings is 1. The van der Waals surface area contributed by atoms with Gasteiger partial charge in [-0.15, -0.1) is 11.3 Å². The van der Waals surface area contributed by atoms with Gasteiger partial charge in [0.2, 0.25) is 0 Å². The van der Waals surface area contributed by atoms with Crippen molar-refractivity contribution in [3.63, 3.8) is 0 Å². The van der Waals surface area contributed by atoms with E-state index in [1.807, 2.05) is 24.3 Å². The first kappa shape index (κ1) is 14.1. The molecule has 2 atom stereocenters. The number of aromatic nitrogens is 2. The molecule has 1 amide bonds. The fourth-order valence-electron chi connectivity index (χ4n) is 2.95. The van der Waals surface area contributed by atoms with Gasteiger partial charge in [-0.3, -0.25) is 14.0 Å². The molecule has 2 aromatic heterocycles. The molecule has 2 N–H and O–H groups in total. The minimum Gasteiger partial charge on any atom is -0.390 e. The molecule has 6 nitrogen and oxygen atoms in total. The number of nitrogens with zero attached hydrogens (tertiary/aromatic N) is 2. The third kappa shape index (κ3) is 2.25. The Labute approximate surface area is 135 Å². The van der Waals surface area contributed by atoms with Crippen molar-refractivity contribution in [3.8, 4) is 0 Å². The molecule has 23 heavy (non-hydrogen) atoms. The normalized spacial score (nSPS) is 19.7. The van der Waals surface area contributed by atoms with Crippen LogP contribution in [0.1, 0.15) is 27.5 Å². The molecule has 7 heteroatoms. The van der Waals surface area contributed by atoms with Crippen LogP contribution in [0.15, 0.2) is 46.8 Å². The highest BCUT2D eigenvalue weighted by Gasteiger charge is 2.32. The molecule has 0 saturated carbocycles. The second-order valence-electron chi connectivity index (χ2n) is 5.45. The minimum absolute atomic E-state index is 0.0301. The fourth-order valence-corrected chi connectivity index (χ4v) is 3.62. The van der Waals surface area contributed by atoms with Crippen molar-refractivity contribution in [1.82, 2.24) is 14.7 Å². The van der Waals surface area contributed by atoms with Crippen LogP contribution in [0, 0.1) is 0 Å². The van der Waals surface area contributed by atoms with Crippen LogP contribution in [0.25, 0.3) is 4.96 Å². The topological polar surface area (TPSA) is 83.7 Å². The fraction of sp³-hybridized carbons (Fsp3) is 0.188. The molecule has 0 spiro atoms. The number of carbonyl (C=O) groups is 1. The Bertz CT molecular complexity index is 962. The SMILES string of the molecule is O=C(NC1c2ccccc2CC1O)c1cnc2sccn2c1=O. The number of hydrogen-bond acceptors (Lipinski definition) is 5. The summed E-state index contributed by atoms with van der Waals surface area (Å²) in [4.78, 5) is 29.5. The van der Waals surface area contributed by atoms with E-state index in [9.17, 15) is 14.7 Å². The first-order chi connectivity index (χ1) is 11.1. The average molecular weight is 327 g/mol. The summed E-state index contributed by atoms with van der Waals surface area (Å²) < 4.78 is 1.35. The number of carbonyl (C=O) groups excluding carboxylic acids is 1. The summed E-state index contributed by atoms with van der Waals surface area (Å²) >= 11 is 1.33. The smallest absolute Gasteiger partial charge is 0.271 e. The maximum atomic E-state index is 12.5. The molecule has 0 bridgehead atoms. The Morgan fingerprint density at radius 2 is 2.22 bits per heavy atom. The third-order valence-electron chi connectivity index (χ3n) is 4.08. The molecule has 1 aliphatic rings. The summed E-state index contributed by atoms with van der Waals surface area (Å²) in [7, 11) is 0. The molecule has 1 aliphatic carbocycles. The summed E-state index contributed by atoms with van der Waals surface area (Å²) in [5, 5.41) is 14.7. The van der Waals surface area contributed by atoms with E-state index in [1.54, 1.807) is 11.6 Å². The molecular weight excluding hydrogens is 314 g/mol. The van der Waals surface area contributed by atoms with E-state index >= 15 is 0 Å². The van der Waals surface area contributed by atoms with E-state index in [0.29, 0.717) is 11.4 Å². The zero-order valence-electron chi connectivity index (χ0n) is 12.0. The van der Waals surface area contributed by atoms with Gasteiger partial charge < -0.3 is 10.4 Å². The maximum absolute atomic E-state index is 12.5. The van der Waals surface area contributed by atoms with Gasteiger partial charge in [0.05, 0.1) is 12.1 Å². The van der Waals surface area contributed by atoms with E-state index in [2.05, 4.69) is 10.3 Å². The molecule has 0 radical (unpaired) electrons. The van der Waals surface area contributed by atoms with Crippen LogP contribution >= 0.6 is 11.3 Å². The lowest BCUT2D eigenvalue weighted by molar-refractivity contribution is 0.0856. The maximum Gasteiger partial charge on any atom is 0.271 e.